The molecule has 2 aliphatic heterocycles. The molecule has 0 saturated carbocycles. The van der Waals surface area contributed by atoms with Gasteiger partial charge in [0, 0.05) is 32.0 Å². The average Bonchev–Trinajstić information content (AvgIpc) is 3.37. The molecule has 2 saturated heterocycles. The second kappa shape index (κ2) is 8.02. The van der Waals surface area contributed by atoms with Gasteiger partial charge >= 0.3 is 0 Å². The van der Waals surface area contributed by atoms with Gasteiger partial charge in [-0.25, -0.2) is 18.4 Å². The van der Waals surface area contributed by atoms with Crippen LogP contribution in [0.1, 0.15) is 19.3 Å². The van der Waals surface area contributed by atoms with Crippen LogP contribution in [0.15, 0.2) is 35.5 Å². The molecule has 2 aromatic heterocycles. The number of hydrogen-bond acceptors (Lipinski definition) is 6. The highest BCUT2D eigenvalue weighted by molar-refractivity contribution is 7.89. The highest BCUT2D eigenvalue weighted by atomic mass is 35.5. The van der Waals surface area contributed by atoms with E-state index >= 15 is 0 Å². The van der Waals surface area contributed by atoms with Gasteiger partial charge in [-0.1, -0.05) is 23.2 Å². The van der Waals surface area contributed by atoms with Crippen LogP contribution in [0.3, 0.4) is 0 Å². The zero-order valence-corrected chi connectivity index (χ0v) is 17.4. The Labute approximate surface area is 174 Å². The topological polar surface area (TPSA) is 75.6 Å². The highest BCUT2D eigenvalue weighted by Gasteiger charge is 2.35. The molecule has 0 radical (unpaired) electrons. The Hall–Kier alpha value is -1.61. The van der Waals surface area contributed by atoms with Gasteiger partial charge < -0.3 is 9.64 Å². The second-order valence-corrected chi connectivity index (χ2v) is 9.56. The van der Waals surface area contributed by atoms with Crippen LogP contribution >= 0.6 is 23.2 Å². The zero-order chi connectivity index (χ0) is 19.7. The Morgan fingerprint density at radius 1 is 1.14 bits per heavy atom. The average molecular weight is 443 g/mol. The van der Waals surface area contributed by atoms with Crippen LogP contribution in [0.5, 0.6) is 5.75 Å². The van der Waals surface area contributed by atoms with E-state index in [1.54, 1.807) is 6.20 Å². The Kier molecular flexibility index (Phi) is 5.64. The first-order valence-corrected chi connectivity index (χ1v) is 11.3. The van der Waals surface area contributed by atoms with E-state index in [2.05, 4.69) is 14.9 Å². The van der Waals surface area contributed by atoms with E-state index in [4.69, 9.17) is 27.9 Å². The largest absolute Gasteiger partial charge is 0.485 e. The maximum absolute atomic E-state index is 12.9. The predicted molar refractivity (Wildman–Crippen MR) is 108 cm³/mol. The molecule has 1 atom stereocenters. The molecule has 4 rings (SSSR count). The molecule has 28 heavy (non-hydrogen) atoms. The van der Waals surface area contributed by atoms with Gasteiger partial charge in [-0.3, -0.25) is 0 Å². The molecule has 0 bridgehead atoms. The third-order valence-corrected chi connectivity index (χ3v) is 7.48. The Bertz CT molecular complexity index is 967. The Balaban J connectivity index is 1.48. The van der Waals surface area contributed by atoms with Gasteiger partial charge in [-0.2, -0.15) is 4.31 Å². The molecule has 2 aliphatic rings. The molecule has 150 valence electrons. The fourth-order valence-electron chi connectivity index (χ4n) is 3.53. The van der Waals surface area contributed by atoms with Crippen molar-refractivity contribution in [2.45, 2.75) is 30.3 Å². The van der Waals surface area contributed by atoms with E-state index in [9.17, 15) is 8.42 Å². The fourth-order valence-corrected chi connectivity index (χ4v) is 5.32. The standard InChI is InChI=1S/C18H20Cl2N4O3S/c19-15-10-14(11-22-17(15)20)28(25,26)24-9-5-13(12-24)27-16-4-3-6-21-18(16)23-7-1-2-8-23/h3-4,6,10-11,13H,1-2,5,7-9,12H2/t13-/m0/s1. The summed E-state index contributed by atoms with van der Waals surface area (Å²) in [5, 5.41) is 0.189. The smallest absolute Gasteiger partial charge is 0.244 e. The minimum absolute atomic E-state index is 0.0293. The Morgan fingerprint density at radius 2 is 1.93 bits per heavy atom. The predicted octanol–water partition coefficient (Wildman–Crippen LogP) is 3.23. The fraction of sp³-hybridized carbons (Fsp3) is 0.444. The minimum atomic E-state index is -3.71. The van der Waals surface area contributed by atoms with Crippen molar-refractivity contribution in [2.24, 2.45) is 0 Å². The van der Waals surface area contributed by atoms with E-state index in [-0.39, 0.29) is 27.7 Å². The normalized spacial score (nSPS) is 20.6. The van der Waals surface area contributed by atoms with Crippen molar-refractivity contribution in [1.82, 2.24) is 14.3 Å². The molecule has 0 aromatic carbocycles. The number of halogens is 2. The number of hydrogen-bond donors (Lipinski definition) is 0. The van der Waals surface area contributed by atoms with Crippen molar-refractivity contribution in [3.8, 4) is 5.75 Å². The van der Waals surface area contributed by atoms with Gasteiger partial charge in [0.15, 0.2) is 11.6 Å². The van der Waals surface area contributed by atoms with Crippen LogP contribution in [0.4, 0.5) is 5.82 Å². The van der Waals surface area contributed by atoms with Crippen molar-refractivity contribution in [3.63, 3.8) is 0 Å². The molecule has 0 N–H and O–H groups in total. The van der Waals surface area contributed by atoms with Crippen LogP contribution in [0.25, 0.3) is 0 Å². The number of pyridine rings is 2. The number of ether oxygens (including phenoxy) is 1. The van der Waals surface area contributed by atoms with Crippen molar-refractivity contribution < 1.29 is 13.2 Å². The molecule has 7 nitrogen and oxygen atoms in total. The lowest BCUT2D eigenvalue weighted by Crippen LogP contribution is -2.31. The molecule has 2 fully saturated rings. The maximum Gasteiger partial charge on any atom is 0.244 e. The van der Waals surface area contributed by atoms with Gasteiger partial charge in [0.2, 0.25) is 10.0 Å². The highest BCUT2D eigenvalue weighted by Crippen LogP contribution is 2.32. The molecule has 10 heteroatoms. The first-order chi connectivity index (χ1) is 13.4. The third kappa shape index (κ3) is 3.91. The number of anilines is 1. The first-order valence-electron chi connectivity index (χ1n) is 9.13. The van der Waals surface area contributed by atoms with Crippen molar-refractivity contribution >= 4 is 39.0 Å². The lowest BCUT2D eigenvalue weighted by Gasteiger charge is -2.22. The summed E-state index contributed by atoms with van der Waals surface area (Å²) < 4.78 is 33.3. The summed E-state index contributed by atoms with van der Waals surface area (Å²) in [5.41, 5.74) is 0. The molecule has 2 aromatic rings. The number of nitrogens with zero attached hydrogens (tertiary/aromatic N) is 4. The molecule has 0 aliphatic carbocycles. The third-order valence-electron chi connectivity index (χ3n) is 4.97. The maximum atomic E-state index is 12.9. The lowest BCUT2D eigenvalue weighted by atomic mass is 10.3. The lowest BCUT2D eigenvalue weighted by molar-refractivity contribution is 0.215. The minimum Gasteiger partial charge on any atom is -0.485 e. The summed E-state index contributed by atoms with van der Waals surface area (Å²) in [7, 11) is -3.71. The van der Waals surface area contributed by atoms with Gasteiger partial charge in [0.25, 0.3) is 0 Å². The van der Waals surface area contributed by atoms with Crippen LogP contribution in [-0.4, -0.2) is 55.0 Å². The van der Waals surface area contributed by atoms with Crippen LogP contribution in [-0.2, 0) is 10.0 Å². The van der Waals surface area contributed by atoms with Gasteiger partial charge in [0.05, 0.1) is 11.6 Å². The number of aromatic nitrogens is 2. The van der Waals surface area contributed by atoms with Crippen LogP contribution < -0.4 is 9.64 Å². The van der Waals surface area contributed by atoms with E-state index < -0.39 is 10.0 Å². The van der Waals surface area contributed by atoms with Crippen molar-refractivity contribution in [3.05, 3.63) is 40.8 Å². The summed E-state index contributed by atoms with van der Waals surface area (Å²) in [5.74, 6) is 1.53. The second-order valence-electron chi connectivity index (χ2n) is 6.85. The zero-order valence-electron chi connectivity index (χ0n) is 15.1. The summed E-state index contributed by atoms with van der Waals surface area (Å²) in [6.07, 6.45) is 5.62. The molecule has 0 unspecified atom stereocenters. The molecule has 4 heterocycles. The molecular weight excluding hydrogens is 423 g/mol. The van der Waals surface area contributed by atoms with Crippen molar-refractivity contribution in [2.75, 3.05) is 31.1 Å². The van der Waals surface area contributed by atoms with Crippen LogP contribution in [0, 0.1) is 0 Å². The van der Waals surface area contributed by atoms with E-state index in [0.717, 1.165) is 31.7 Å². The van der Waals surface area contributed by atoms with Gasteiger partial charge in [-0.15, -0.1) is 0 Å². The number of rotatable bonds is 5. The monoisotopic (exact) mass is 442 g/mol. The summed E-state index contributed by atoms with van der Waals surface area (Å²) in [6, 6.07) is 5.05. The summed E-state index contributed by atoms with van der Waals surface area (Å²) in [4.78, 5) is 10.5. The van der Waals surface area contributed by atoms with E-state index in [1.807, 2.05) is 12.1 Å². The molecule has 0 amide bonds. The molecule has 0 spiro atoms. The van der Waals surface area contributed by atoms with Gasteiger partial charge in [-0.05, 0) is 37.5 Å². The quantitative estimate of drug-likeness (QED) is 0.661. The number of sulfonamides is 1. The van der Waals surface area contributed by atoms with Crippen LogP contribution in [0.2, 0.25) is 10.2 Å². The first kappa shape index (κ1) is 19.7. The van der Waals surface area contributed by atoms with Gasteiger partial charge in [0.1, 0.15) is 16.2 Å². The summed E-state index contributed by atoms with van der Waals surface area (Å²) >= 11 is 11.7. The van der Waals surface area contributed by atoms with Crippen molar-refractivity contribution in [1.29, 1.82) is 0 Å². The van der Waals surface area contributed by atoms with E-state index in [1.165, 1.54) is 16.6 Å². The molecular formula is C18H20Cl2N4O3S. The van der Waals surface area contributed by atoms with E-state index in [0.29, 0.717) is 18.7 Å². The SMILES string of the molecule is O=S(=O)(c1cnc(Cl)c(Cl)c1)N1CC[C@H](Oc2cccnc2N2CCCC2)C1. The summed E-state index contributed by atoms with van der Waals surface area (Å²) in [6.45, 7) is 2.55. The Morgan fingerprint density at radius 3 is 2.68 bits per heavy atom.